The maximum Gasteiger partial charge on any atom is 2.00 e. The van der Waals surface area contributed by atoms with Crippen LogP contribution >= 0.6 is 22.7 Å². The fourth-order valence-electron chi connectivity index (χ4n) is 7.20. The van der Waals surface area contributed by atoms with Crippen molar-refractivity contribution in [2.24, 2.45) is 9.98 Å². The molecule has 2 N–H and O–H groups in total. The summed E-state index contributed by atoms with van der Waals surface area (Å²) in [5.41, 5.74) is 4.72. The van der Waals surface area contributed by atoms with Crippen molar-refractivity contribution in [3.8, 4) is 11.5 Å². The number of aromatic hydroxyl groups is 2. The molecule has 4 aromatic carbocycles. The fraction of sp³-hybridized carbons (Fsp3) is 0.273. The number of rotatable bonds is 8. The number of phenols is 2. The van der Waals surface area contributed by atoms with Crippen LogP contribution in [0.2, 0.25) is 0 Å². The van der Waals surface area contributed by atoms with E-state index in [0.29, 0.717) is 45.5 Å². The molecule has 11 heteroatoms. The molecule has 0 unspecified atom stereocenters. The largest absolute Gasteiger partial charge is 2.00 e. The van der Waals surface area contributed by atoms with Crippen LogP contribution in [0, 0.1) is 0 Å². The monoisotopic (exact) mass is 810 g/mol. The number of aryl methyl sites for hydroxylation is 2. The van der Waals surface area contributed by atoms with Gasteiger partial charge < -0.3 is 19.7 Å². The third kappa shape index (κ3) is 8.56. The Balaban J connectivity index is 0.000000184. The number of carbonyl (C=O) groups excluding carboxylic acids is 2. The Morgan fingerprint density at radius 2 is 1.02 bits per heavy atom. The van der Waals surface area contributed by atoms with E-state index in [9.17, 15) is 19.8 Å². The fourth-order valence-corrected chi connectivity index (χ4v) is 9.64. The molecule has 0 saturated heterocycles. The van der Waals surface area contributed by atoms with Gasteiger partial charge >= 0.3 is 29.3 Å². The number of phenolic OH excluding ortho intramolecular Hbond substituents is 2. The van der Waals surface area contributed by atoms with Crippen LogP contribution < -0.4 is 0 Å². The van der Waals surface area contributed by atoms with Crippen molar-refractivity contribution in [2.75, 3.05) is 13.2 Å². The van der Waals surface area contributed by atoms with Gasteiger partial charge in [-0.2, -0.15) is 0 Å². The number of aliphatic imine (C=N–C) groups is 2. The Morgan fingerprint density at radius 1 is 0.618 bits per heavy atom. The van der Waals surface area contributed by atoms with Crippen LogP contribution in [0.15, 0.2) is 82.8 Å². The Bertz CT molecular complexity index is 2250. The number of ether oxygens (including phenoxy) is 2. The molecule has 0 fully saturated rings. The topological polar surface area (TPSA) is 118 Å². The number of hydrogen-bond donors (Lipinski definition) is 2. The zero-order chi connectivity index (χ0) is 37.6. The summed E-state index contributed by atoms with van der Waals surface area (Å²) in [4.78, 5) is 36.8. The van der Waals surface area contributed by atoms with Gasteiger partial charge in [0.2, 0.25) is 0 Å². The van der Waals surface area contributed by atoms with E-state index in [-0.39, 0.29) is 40.8 Å². The summed E-state index contributed by atoms with van der Waals surface area (Å²) < 4.78 is 10.6. The minimum Gasteiger partial charge on any atom is -0.507 e. The predicted octanol–water partition coefficient (Wildman–Crippen LogP) is 10.8. The first kappa shape index (κ1) is 39.9. The van der Waals surface area contributed by atoms with Crippen molar-refractivity contribution < 1.29 is 46.6 Å². The Labute approximate surface area is 339 Å². The molecule has 0 aliphatic heterocycles. The molecule has 0 spiro atoms. The molecule has 0 saturated carbocycles. The van der Waals surface area contributed by atoms with Gasteiger partial charge in [-0.3, -0.25) is 0 Å². The molecule has 6 aromatic rings. The first-order valence-corrected chi connectivity index (χ1v) is 20.1. The molecule has 2 heterocycles. The number of benzene rings is 4. The third-order valence-corrected chi connectivity index (χ3v) is 12.2. The maximum atomic E-state index is 12.6. The number of nitrogens with zero attached hydrogens (tertiary/aromatic N) is 2. The molecule has 2 aromatic heterocycles. The van der Waals surface area contributed by atoms with Crippen LogP contribution in [0.4, 0.5) is 10.0 Å². The van der Waals surface area contributed by atoms with Crippen LogP contribution in [0.3, 0.4) is 0 Å². The molecule has 8 nitrogen and oxygen atoms in total. The minimum atomic E-state index is -0.300. The molecular weight excluding hydrogens is 769 g/mol. The summed E-state index contributed by atoms with van der Waals surface area (Å²) in [5, 5.41) is 25.9. The number of hydrogen-bond acceptors (Lipinski definition) is 10. The quantitative estimate of drug-likeness (QED) is 0.117. The molecule has 8 rings (SSSR count). The van der Waals surface area contributed by atoms with Crippen LogP contribution in [-0.2, 0) is 52.5 Å². The molecule has 280 valence electrons. The number of fused-ring (bicyclic) bond motifs is 4. The number of esters is 2. The SMILES string of the molecule is CCOC(=O)c1c(N=Cc2c(O)ccc3ccccc23)sc2c1CCCC2.CCOC(=O)c1c(N=Cc2c(O)ccc3ccccc23)sc2c1CCCC2.[Cr+2]. The standard InChI is InChI=1S/2C22H21NO3S.Cr/c2*1-2-26-22(25)20-16-9-5-6-10-19(16)27-21(20)23-13-17-15-8-4-3-7-14(15)11-12-18(17)24;/h2*3-4,7-8,11-13,24H,2,5-6,9-10H2,1H3;/q;;+2. The second-order valence-corrected chi connectivity index (χ2v) is 15.3. The molecule has 2 aliphatic rings. The molecular formula is C44H42CrN2O6S2+2. The van der Waals surface area contributed by atoms with E-state index in [1.54, 1.807) is 47.2 Å². The second kappa shape index (κ2) is 18.2. The molecule has 0 atom stereocenters. The Hall–Kier alpha value is -4.79. The molecule has 0 bridgehead atoms. The zero-order valence-corrected chi connectivity index (χ0v) is 33.7. The van der Waals surface area contributed by atoms with E-state index < -0.39 is 0 Å². The number of carbonyl (C=O) groups is 2. The molecule has 2 aliphatic carbocycles. The van der Waals surface area contributed by atoms with Crippen molar-refractivity contribution in [3.63, 3.8) is 0 Å². The Kier molecular flexibility index (Phi) is 13.2. The second-order valence-electron chi connectivity index (χ2n) is 13.2. The Morgan fingerprint density at radius 3 is 1.44 bits per heavy atom. The van der Waals surface area contributed by atoms with Crippen LogP contribution in [-0.4, -0.2) is 47.8 Å². The van der Waals surface area contributed by atoms with Crippen LogP contribution in [0.5, 0.6) is 11.5 Å². The first-order chi connectivity index (χ1) is 26.4. The maximum absolute atomic E-state index is 12.6. The van der Waals surface area contributed by atoms with Crippen molar-refractivity contribution in [3.05, 3.63) is 116 Å². The van der Waals surface area contributed by atoms with Crippen LogP contribution in [0.1, 0.15) is 92.3 Å². The summed E-state index contributed by atoms with van der Waals surface area (Å²) in [6, 6.07) is 22.8. The van der Waals surface area contributed by atoms with E-state index in [2.05, 4.69) is 9.98 Å². The first-order valence-electron chi connectivity index (χ1n) is 18.5. The van der Waals surface area contributed by atoms with E-state index >= 15 is 0 Å². The van der Waals surface area contributed by atoms with Crippen molar-refractivity contribution >= 4 is 78.6 Å². The summed E-state index contributed by atoms with van der Waals surface area (Å²) in [7, 11) is 0. The number of thiophene rings is 2. The van der Waals surface area contributed by atoms with Crippen molar-refractivity contribution in [1.82, 2.24) is 0 Å². The predicted molar refractivity (Wildman–Crippen MR) is 220 cm³/mol. The van der Waals surface area contributed by atoms with Gasteiger partial charge in [-0.05, 0) is 110 Å². The van der Waals surface area contributed by atoms with E-state index in [4.69, 9.17) is 9.47 Å². The van der Waals surface area contributed by atoms with Gasteiger partial charge in [0.25, 0.3) is 0 Å². The molecule has 55 heavy (non-hydrogen) atoms. The van der Waals surface area contributed by atoms with Gasteiger partial charge in [-0.1, -0.05) is 60.7 Å². The van der Waals surface area contributed by atoms with E-state index in [0.717, 1.165) is 84.0 Å². The summed E-state index contributed by atoms with van der Waals surface area (Å²) in [6.45, 7) is 4.31. The van der Waals surface area contributed by atoms with E-state index in [1.807, 2.05) is 74.5 Å². The molecule has 0 amide bonds. The summed E-state index contributed by atoms with van der Waals surface area (Å²) in [6.07, 6.45) is 11.6. The minimum absolute atomic E-state index is 0. The summed E-state index contributed by atoms with van der Waals surface area (Å²) >= 11 is 3.13. The average Bonchev–Trinajstić information content (AvgIpc) is 3.76. The van der Waals surface area contributed by atoms with Gasteiger partial charge in [0.1, 0.15) is 21.5 Å². The van der Waals surface area contributed by atoms with Crippen LogP contribution in [0.25, 0.3) is 21.5 Å². The smallest absolute Gasteiger partial charge is 0.507 e. The van der Waals surface area contributed by atoms with Crippen molar-refractivity contribution in [1.29, 1.82) is 0 Å². The van der Waals surface area contributed by atoms with Gasteiger partial charge in [0.05, 0.1) is 24.3 Å². The van der Waals surface area contributed by atoms with Gasteiger partial charge in [0.15, 0.2) is 0 Å². The van der Waals surface area contributed by atoms with Crippen molar-refractivity contribution in [2.45, 2.75) is 65.2 Å². The van der Waals surface area contributed by atoms with E-state index in [1.165, 1.54) is 9.75 Å². The average molecular weight is 811 g/mol. The molecule has 0 radical (unpaired) electrons. The third-order valence-electron chi connectivity index (χ3n) is 9.78. The van der Waals surface area contributed by atoms with Gasteiger partial charge in [-0.25, -0.2) is 19.6 Å². The van der Waals surface area contributed by atoms with Gasteiger partial charge in [0, 0.05) is 33.3 Å². The summed E-state index contributed by atoms with van der Waals surface area (Å²) in [5.74, 6) is -0.245. The zero-order valence-electron chi connectivity index (χ0n) is 30.8. The van der Waals surface area contributed by atoms with Gasteiger partial charge in [-0.15, -0.1) is 22.7 Å². The normalized spacial score (nSPS) is 13.6.